The highest BCUT2D eigenvalue weighted by Gasteiger charge is 2.13. The first kappa shape index (κ1) is 21.7. The van der Waals surface area contributed by atoms with Crippen molar-refractivity contribution in [1.82, 2.24) is 0 Å². The van der Waals surface area contributed by atoms with Crippen molar-refractivity contribution in [3.8, 4) is 17.2 Å². The van der Waals surface area contributed by atoms with Crippen LogP contribution in [0.2, 0.25) is 0 Å². The lowest BCUT2D eigenvalue weighted by Gasteiger charge is -2.12. The van der Waals surface area contributed by atoms with Crippen LogP contribution in [-0.4, -0.2) is 39.8 Å². The van der Waals surface area contributed by atoms with Gasteiger partial charge in [0.1, 0.15) is 11.6 Å². The van der Waals surface area contributed by atoms with Crippen LogP contribution in [0.1, 0.15) is 5.56 Å². The first-order valence-electron chi connectivity index (χ1n) is 8.27. The number of rotatable bonds is 8. The molecule has 2 aromatic rings. The molecular weight excluding hydrogens is 388 g/mol. The third-order valence-corrected chi connectivity index (χ3v) is 3.65. The molecule has 0 spiro atoms. The van der Waals surface area contributed by atoms with E-state index in [-0.39, 0.29) is 5.69 Å². The number of hydrogen-bond acceptors (Lipinski definition) is 6. The minimum Gasteiger partial charge on any atom is -0.493 e. The van der Waals surface area contributed by atoms with Gasteiger partial charge in [0.25, 0.3) is 5.91 Å². The maximum atomic E-state index is 13.5. The summed E-state index contributed by atoms with van der Waals surface area (Å²) in [5, 5.41) is 2.12. The van der Waals surface area contributed by atoms with Crippen LogP contribution in [0.25, 0.3) is 6.08 Å². The second-order valence-electron chi connectivity index (χ2n) is 5.57. The molecule has 7 nitrogen and oxygen atoms in total. The molecule has 0 aliphatic carbocycles. The number of halogens is 2. The lowest BCUT2D eigenvalue weighted by atomic mass is 10.1. The van der Waals surface area contributed by atoms with Crippen LogP contribution in [0.15, 0.2) is 36.4 Å². The zero-order chi connectivity index (χ0) is 21.4. The Hall–Kier alpha value is -3.62. The van der Waals surface area contributed by atoms with Gasteiger partial charge in [0.05, 0.1) is 27.0 Å². The van der Waals surface area contributed by atoms with Crippen molar-refractivity contribution in [2.75, 3.05) is 33.3 Å². The van der Waals surface area contributed by atoms with E-state index in [0.29, 0.717) is 22.8 Å². The van der Waals surface area contributed by atoms with E-state index >= 15 is 0 Å². The zero-order valence-electron chi connectivity index (χ0n) is 16.0. The van der Waals surface area contributed by atoms with Crippen LogP contribution in [0.5, 0.6) is 17.2 Å². The summed E-state index contributed by atoms with van der Waals surface area (Å²) in [5.41, 5.74) is 0.210. The molecular formula is C20H19F2NO6. The first-order valence-corrected chi connectivity index (χ1v) is 8.27. The molecule has 154 valence electrons. The molecule has 0 bridgehead atoms. The number of hydrogen-bond donors (Lipinski definition) is 1. The molecule has 0 radical (unpaired) electrons. The Kier molecular flexibility index (Phi) is 7.53. The predicted molar refractivity (Wildman–Crippen MR) is 101 cm³/mol. The highest BCUT2D eigenvalue weighted by molar-refractivity contribution is 5.94. The van der Waals surface area contributed by atoms with Gasteiger partial charge in [-0.2, -0.15) is 0 Å². The minimum atomic E-state index is -0.816. The van der Waals surface area contributed by atoms with E-state index in [4.69, 9.17) is 18.9 Å². The van der Waals surface area contributed by atoms with E-state index < -0.39 is 30.1 Å². The van der Waals surface area contributed by atoms with Gasteiger partial charge in [-0.05, 0) is 35.9 Å². The fourth-order valence-electron chi connectivity index (χ4n) is 2.33. The standard InChI is InChI=1S/C20H19F2NO6/c1-26-16-8-12(9-17(27-2)20(16)28-3)4-7-19(25)29-11-18(24)23-15-10-13(21)5-6-14(15)22/h4-10H,11H2,1-3H3,(H,23,24). The molecule has 1 amide bonds. The molecule has 0 aliphatic rings. The van der Waals surface area contributed by atoms with Crippen LogP contribution < -0.4 is 19.5 Å². The van der Waals surface area contributed by atoms with Gasteiger partial charge >= 0.3 is 5.97 Å². The van der Waals surface area contributed by atoms with Gasteiger partial charge in [-0.3, -0.25) is 4.79 Å². The molecule has 29 heavy (non-hydrogen) atoms. The molecule has 0 aromatic heterocycles. The van der Waals surface area contributed by atoms with E-state index in [1.54, 1.807) is 12.1 Å². The molecule has 2 aromatic carbocycles. The minimum absolute atomic E-state index is 0.348. The summed E-state index contributed by atoms with van der Waals surface area (Å²) in [6, 6.07) is 5.84. The number of nitrogens with one attached hydrogen (secondary N) is 1. The van der Waals surface area contributed by atoms with Gasteiger partial charge in [-0.1, -0.05) is 0 Å². The van der Waals surface area contributed by atoms with Crippen molar-refractivity contribution in [3.05, 3.63) is 53.6 Å². The fourth-order valence-corrected chi connectivity index (χ4v) is 2.33. The van der Waals surface area contributed by atoms with E-state index in [1.165, 1.54) is 27.4 Å². The maximum Gasteiger partial charge on any atom is 0.331 e. The Balaban J connectivity index is 1.97. The maximum absolute atomic E-state index is 13.5. The first-order chi connectivity index (χ1) is 13.9. The van der Waals surface area contributed by atoms with Gasteiger partial charge in [-0.15, -0.1) is 0 Å². The molecule has 1 N–H and O–H groups in total. The Morgan fingerprint density at radius 2 is 1.66 bits per heavy atom. The normalized spacial score (nSPS) is 10.5. The highest BCUT2D eigenvalue weighted by atomic mass is 19.1. The second kappa shape index (κ2) is 10.1. The van der Waals surface area contributed by atoms with Gasteiger partial charge in [0.15, 0.2) is 18.1 Å². The van der Waals surface area contributed by atoms with Crippen LogP contribution in [0.3, 0.4) is 0 Å². The number of ether oxygens (including phenoxy) is 4. The predicted octanol–water partition coefficient (Wildman–Crippen LogP) is 3.19. The average molecular weight is 407 g/mol. The smallest absolute Gasteiger partial charge is 0.331 e. The highest BCUT2D eigenvalue weighted by Crippen LogP contribution is 2.38. The SMILES string of the molecule is COc1cc(C=CC(=O)OCC(=O)Nc2cc(F)ccc2F)cc(OC)c1OC. The van der Waals surface area contributed by atoms with Crippen molar-refractivity contribution >= 4 is 23.6 Å². The van der Waals surface area contributed by atoms with Gasteiger partial charge in [0, 0.05) is 12.1 Å². The topological polar surface area (TPSA) is 83.1 Å². The molecule has 0 aliphatic heterocycles. The summed E-state index contributed by atoms with van der Waals surface area (Å²) in [7, 11) is 4.38. The average Bonchev–Trinajstić information content (AvgIpc) is 2.72. The quantitative estimate of drug-likeness (QED) is 0.535. The largest absolute Gasteiger partial charge is 0.493 e. The molecule has 0 fully saturated rings. The number of carbonyl (C=O) groups excluding carboxylic acids is 2. The molecule has 0 saturated heterocycles. The lowest BCUT2D eigenvalue weighted by Crippen LogP contribution is -2.20. The fraction of sp³-hybridized carbons (Fsp3) is 0.200. The van der Waals surface area contributed by atoms with Crippen LogP contribution in [-0.2, 0) is 14.3 Å². The van der Waals surface area contributed by atoms with Crippen molar-refractivity contribution < 1.29 is 37.3 Å². The Morgan fingerprint density at radius 3 is 2.24 bits per heavy atom. The summed E-state index contributed by atoms with van der Waals surface area (Å²) < 4.78 is 47.0. The van der Waals surface area contributed by atoms with E-state index in [9.17, 15) is 18.4 Å². The molecule has 0 heterocycles. The number of carbonyl (C=O) groups is 2. The van der Waals surface area contributed by atoms with E-state index in [0.717, 1.165) is 24.3 Å². The van der Waals surface area contributed by atoms with Crippen molar-refractivity contribution in [1.29, 1.82) is 0 Å². The summed E-state index contributed by atoms with van der Waals surface area (Å²) in [6.07, 6.45) is 2.52. The molecule has 0 saturated carbocycles. The molecule has 9 heteroatoms. The van der Waals surface area contributed by atoms with Gasteiger partial charge in [0.2, 0.25) is 5.75 Å². The Labute approximate surface area is 165 Å². The second-order valence-corrected chi connectivity index (χ2v) is 5.57. The van der Waals surface area contributed by atoms with Gasteiger partial charge < -0.3 is 24.3 Å². The third-order valence-electron chi connectivity index (χ3n) is 3.65. The summed E-state index contributed by atoms with van der Waals surface area (Å²) in [5.74, 6) is -1.96. The van der Waals surface area contributed by atoms with E-state index in [2.05, 4.69) is 5.32 Å². The Bertz CT molecular complexity index is 904. The van der Waals surface area contributed by atoms with Crippen molar-refractivity contribution in [3.63, 3.8) is 0 Å². The number of methoxy groups -OCH3 is 3. The van der Waals surface area contributed by atoms with Crippen LogP contribution >= 0.6 is 0 Å². The summed E-state index contributed by atoms with van der Waals surface area (Å²) >= 11 is 0. The number of esters is 1. The lowest BCUT2D eigenvalue weighted by molar-refractivity contribution is -0.142. The van der Waals surface area contributed by atoms with E-state index in [1.807, 2.05) is 0 Å². The zero-order valence-corrected chi connectivity index (χ0v) is 16.0. The number of benzene rings is 2. The van der Waals surface area contributed by atoms with Gasteiger partial charge in [-0.25, -0.2) is 13.6 Å². The van der Waals surface area contributed by atoms with Crippen molar-refractivity contribution in [2.24, 2.45) is 0 Å². The third kappa shape index (κ3) is 5.93. The van der Waals surface area contributed by atoms with Crippen LogP contribution in [0, 0.1) is 11.6 Å². The monoisotopic (exact) mass is 407 g/mol. The molecule has 2 rings (SSSR count). The summed E-state index contributed by atoms with van der Waals surface area (Å²) in [6.45, 7) is -0.672. The molecule has 0 atom stereocenters. The Morgan fingerprint density at radius 1 is 1.00 bits per heavy atom. The summed E-state index contributed by atoms with van der Waals surface area (Å²) in [4.78, 5) is 23.6. The van der Waals surface area contributed by atoms with Crippen LogP contribution in [0.4, 0.5) is 14.5 Å². The number of anilines is 1. The number of amides is 1. The van der Waals surface area contributed by atoms with Crippen molar-refractivity contribution in [2.45, 2.75) is 0 Å². The molecule has 0 unspecified atom stereocenters.